The van der Waals surface area contributed by atoms with Crippen LogP contribution in [0.5, 0.6) is 0 Å². The zero-order valence-electron chi connectivity index (χ0n) is 18.7. The Morgan fingerprint density at radius 2 is 1.07 bits per heavy atom. The van der Waals surface area contributed by atoms with E-state index in [1.165, 1.54) is 38.5 Å². The summed E-state index contributed by atoms with van der Waals surface area (Å²) in [5.74, 6) is 0.0377. The summed E-state index contributed by atoms with van der Waals surface area (Å²) in [7, 11) is 0. The molecule has 6 nitrogen and oxygen atoms in total. The maximum absolute atomic E-state index is 10.5. The van der Waals surface area contributed by atoms with Crippen LogP contribution in [0.4, 0.5) is 0 Å². The normalized spacial score (nSPS) is 15.1. The van der Waals surface area contributed by atoms with Crippen LogP contribution in [0.15, 0.2) is 0 Å². The Hall–Kier alpha value is -1.14. The quantitative estimate of drug-likeness (QED) is 0.301. The van der Waals surface area contributed by atoms with Crippen molar-refractivity contribution in [1.82, 2.24) is 0 Å². The molecule has 0 bridgehead atoms. The van der Waals surface area contributed by atoms with E-state index in [4.69, 9.17) is 21.7 Å². The second kappa shape index (κ2) is 19.2. The number of unbranched alkanes of at least 4 members (excludes halogenated alkanes) is 2. The van der Waals surface area contributed by atoms with Crippen LogP contribution in [0.2, 0.25) is 0 Å². The number of carboxylic acid groups (broad SMARTS) is 2. The molecule has 0 spiro atoms. The molecule has 0 radical (unpaired) electrons. The molecule has 0 saturated heterocycles. The van der Waals surface area contributed by atoms with E-state index in [-0.39, 0.29) is 24.7 Å². The summed E-state index contributed by atoms with van der Waals surface area (Å²) in [5, 5.41) is 17.3. The minimum absolute atomic E-state index is 0.152. The first-order chi connectivity index (χ1) is 13.2. The van der Waals surface area contributed by atoms with Gasteiger partial charge in [0.15, 0.2) is 0 Å². The third-order valence-corrected chi connectivity index (χ3v) is 5.17. The van der Waals surface area contributed by atoms with E-state index in [0.717, 1.165) is 12.8 Å². The van der Waals surface area contributed by atoms with Crippen molar-refractivity contribution in [3.63, 3.8) is 0 Å². The zero-order valence-corrected chi connectivity index (χ0v) is 18.7. The largest absolute Gasteiger partial charge is 0.481 e. The molecule has 0 amide bonds. The summed E-state index contributed by atoms with van der Waals surface area (Å²) >= 11 is 0. The third-order valence-electron chi connectivity index (χ3n) is 5.17. The summed E-state index contributed by atoms with van der Waals surface area (Å²) in [6, 6.07) is 0. The fourth-order valence-corrected chi connectivity index (χ4v) is 3.50. The predicted molar refractivity (Wildman–Crippen MR) is 116 cm³/mol. The van der Waals surface area contributed by atoms with Gasteiger partial charge in [0, 0.05) is 12.8 Å². The first kappa shape index (κ1) is 29.1. The number of hydrogen-bond acceptors (Lipinski definition) is 4. The van der Waals surface area contributed by atoms with E-state index in [0.29, 0.717) is 24.9 Å². The number of nitrogens with two attached hydrogens (primary N) is 2. The molecule has 0 aromatic heterocycles. The van der Waals surface area contributed by atoms with Gasteiger partial charge in [0.25, 0.3) is 0 Å². The molecule has 4 atom stereocenters. The van der Waals surface area contributed by atoms with Gasteiger partial charge in [-0.15, -0.1) is 0 Å². The van der Waals surface area contributed by atoms with E-state index < -0.39 is 11.9 Å². The number of hydrogen-bond donors (Lipinski definition) is 4. The lowest BCUT2D eigenvalue weighted by atomic mass is 9.90. The SMILES string of the molecule is CCCC[C@H](C)C[C@H](CN)CC(=O)O.CCCC[C@H](C)C[C@H](CN)CC(=O)O. The Morgan fingerprint density at radius 1 is 0.750 bits per heavy atom. The fourth-order valence-electron chi connectivity index (χ4n) is 3.50. The lowest BCUT2D eigenvalue weighted by Gasteiger charge is -2.17. The van der Waals surface area contributed by atoms with Gasteiger partial charge in [0.2, 0.25) is 0 Å². The highest BCUT2D eigenvalue weighted by molar-refractivity contribution is 5.67. The topological polar surface area (TPSA) is 127 Å². The van der Waals surface area contributed by atoms with Gasteiger partial charge >= 0.3 is 11.9 Å². The van der Waals surface area contributed by atoms with Crippen LogP contribution in [0.25, 0.3) is 0 Å². The highest BCUT2D eigenvalue weighted by Gasteiger charge is 2.15. The molecule has 0 fully saturated rings. The van der Waals surface area contributed by atoms with Crippen LogP contribution >= 0.6 is 0 Å². The average Bonchev–Trinajstić information content (AvgIpc) is 2.63. The van der Waals surface area contributed by atoms with Gasteiger partial charge in [-0.25, -0.2) is 0 Å². The minimum Gasteiger partial charge on any atom is -0.481 e. The Balaban J connectivity index is 0. The Labute approximate surface area is 172 Å². The molecular weight excluding hydrogens is 356 g/mol. The number of rotatable bonds is 16. The standard InChI is InChI=1S/2C11H23NO2/c2*1-3-4-5-9(2)6-10(8-12)7-11(13)14/h2*9-10H,3-8,12H2,1-2H3,(H,13,14)/t2*9-,10-/m00/s1. The molecule has 6 N–H and O–H groups in total. The first-order valence-electron chi connectivity index (χ1n) is 11.0. The molecule has 0 aliphatic heterocycles. The van der Waals surface area contributed by atoms with Gasteiger partial charge in [0.1, 0.15) is 0 Å². The van der Waals surface area contributed by atoms with E-state index in [2.05, 4.69) is 27.7 Å². The van der Waals surface area contributed by atoms with Crippen molar-refractivity contribution in [2.45, 2.75) is 91.9 Å². The maximum atomic E-state index is 10.5. The monoisotopic (exact) mass is 402 g/mol. The highest BCUT2D eigenvalue weighted by Crippen LogP contribution is 2.20. The second-order valence-corrected chi connectivity index (χ2v) is 8.37. The molecule has 0 aromatic rings. The van der Waals surface area contributed by atoms with Gasteiger partial charge in [-0.2, -0.15) is 0 Å². The van der Waals surface area contributed by atoms with Crippen LogP contribution in [0.3, 0.4) is 0 Å². The van der Waals surface area contributed by atoms with Crippen molar-refractivity contribution in [2.75, 3.05) is 13.1 Å². The van der Waals surface area contributed by atoms with E-state index in [1.54, 1.807) is 0 Å². The van der Waals surface area contributed by atoms with Gasteiger partial charge in [0.05, 0.1) is 0 Å². The summed E-state index contributed by atoms with van der Waals surface area (Å²) in [6.07, 6.45) is 9.56. The van der Waals surface area contributed by atoms with E-state index in [9.17, 15) is 9.59 Å². The van der Waals surface area contributed by atoms with Gasteiger partial charge < -0.3 is 21.7 Å². The van der Waals surface area contributed by atoms with E-state index in [1.807, 2.05) is 0 Å². The molecule has 168 valence electrons. The molecule has 0 heterocycles. The Kier molecular flexibility index (Phi) is 19.9. The van der Waals surface area contributed by atoms with Crippen LogP contribution < -0.4 is 11.5 Å². The summed E-state index contributed by atoms with van der Waals surface area (Å²) in [4.78, 5) is 21.0. The summed E-state index contributed by atoms with van der Waals surface area (Å²) in [5.41, 5.74) is 11.1. The van der Waals surface area contributed by atoms with Crippen molar-refractivity contribution < 1.29 is 19.8 Å². The van der Waals surface area contributed by atoms with Crippen molar-refractivity contribution >= 4 is 11.9 Å². The lowest BCUT2D eigenvalue weighted by molar-refractivity contribution is -0.139. The minimum atomic E-state index is -0.733. The van der Waals surface area contributed by atoms with Crippen LogP contribution in [0, 0.1) is 23.7 Å². The van der Waals surface area contributed by atoms with Gasteiger partial charge in [-0.3, -0.25) is 9.59 Å². The average molecular weight is 403 g/mol. The van der Waals surface area contributed by atoms with Gasteiger partial charge in [-0.1, -0.05) is 66.2 Å². The molecule has 0 rings (SSSR count). The Morgan fingerprint density at radius 3 is 1.29 bits per heavy atom. The molecule has 0 unspecified atom stereocenters. The van der Waals surface area contributed by atoms with Crippen molar-refractivity contribution in [2.24, 2.45) is 35.1 Å². The third kappa shape index (κ3) is 19.6. The van der Waals surface area contributed by atoms with Crippen LogP contribution in [0.1, 0.15) is 91.9 Å². The highest BCUT2D eigenvalue weighted by atomic mass is 16.4. The predicted octanol–water partition coefficient (Wildman–Crippen LogP) is 4.50. The summed E-state index contributed by atoms with van der Waals surface area (Å²) in [6.45, 7) is 9.68. The number of carboxylic acids is 2. The second-order valence-electron chi connectivity index (χ2n) is 8.37. The summed E-state index contributed by atoms with van der Waals surface area (Å²) < 4.78 is 0. The fraction of sp³-hybridized carbons (Fsp3) is 0.909. The van der Waals surface area contributed by atoms with Crippen molar-refractivity contribution in [1.29, 1.82) is 0 Å². The smallest absolute Gasteiger partial charge is 0.303 e. The number of aliphatic carboxylic acids is 2. The molecule has 0 aliphatic rings. The van der Waals surface area contributed by atoms with Crippen LogP contribution in [-0.2, 0) is 9.59 Å². The molecular formula is C22H46N2O4. The zero-order chi connectivity index (χ0) is 21.9. The van der Waals surface area contributed by atoms with Crippen LogP contribution in [-0.4, -0.2) is 35.2 Å². The Bertz CT molecular complexity index is 355. The van der Waals surface area contributed by atoms with E-state index >= 15 is 0 Å². The first-order valence-corrected chi connectivity index (χ1v) is 11.0. The molecule has 0 aliphatic carbocycles. The molecule has 28 heavy (non-hydrogen) atoms. The number of carbonyl (C=O) groups is 2. The maximum Gasteiger partial charge on any atom is 0.303 e. The molecule has 0 saturated carbocycles. The molecule has 6 heteroatoms. The van der Waals surface area contributed by atoms with Crippen molar-refractivity contribution in [3.8, 4) is 0 Å². The van der Waals surface area contributed by atoms with Crippen molar-refractivity contribution in [3.05, 3.63) is 0 Å². The van der Waals surface area contributed by atoms with Gasteiger partial charge in [-0.05, 0) is 49.6 Å². The lowest BCUT2D eigenvalue weighted by Crippen LogP contribution is -2.20. The molecule has 0 aromatic carbocycles.